The predicted molar refractivity (Wildman–Crippen MR) is 153 cm³/mol. The molecule has 2 aromatic carbocycles. The first-order valence-corrected chi connectivity index (χ1v) is 13.7. The van der Waals surface area contributed by atoms with E-state index in [1.54, 1.807) is 30.6 Å². The van der Waals surface area contributed by atoms with E-state index < -0.39 is 12.0 Å². The van der Waals surface area contributed by atoms with Gasteiger partial charge in [-0.2, -0.15) is 0 Å². The van der Waals surface area contributed by atoms with Crippen LogP contribution < -0.4 is 24.4 Å². The lowest BCUT2D eigenvalue weighted by Crippen LogP contribution is -2.39. The molecule has 0 saturated carbocycles. The van der Waals surface area contributed by atoms with E-state index in [2.05, 4.69) is 24.8 Å². The summed E-state index contributed by atoms with van der Waals surface area (Å²) in [6.45, 7) is 10.5. The quantitative estimate of drug-likeness (QED) is 0.296. The van der Waals surface area contributed by atoms with Crippen molar-refractivity contribution in [3.8, 4) is 23.8 Å². The Morgan fingerprint density at radius 3 is 2.51 bits per heavy atom. The molecule has 0 fully saturated rings. The van der Waals surface area contributed by atoms with Crippen molar-refractivity contribution in [2.24, 2.45) is 4.99 Å². The third-order valence-corrected chi connectivity index (χ3v) is 7.30. The number of aromatic nitrogens is 1. The lowest BCUT2D eigenvalue weighted by Gasteiger charge is -2.25. The van der Waals surface area contributed by atoms with E-state index in [0.29, 0.717) is 44.6 Å². The van der Waals surface area contributed by atoms with E-state index >= 15 is 0 Å². The molecule has 39 heavy (non-hydrogen) atoms. The van der Waals surface area contributed by atoms with E-state index in [-0.39, 0.29) is 18.8 Å². The number of hydrogen-bond acceptors (Lipinski definition) is 7. The summed E-state index contributed by atoms with van der Waals surface area (Å²) in [6.07, 6.45) is 7.12. The van der Waals surface area contributed by atoms with Crippen LogP contribution in [0.1, 0.15) is 63.3 Å². The minimum absolute atomic E-state index is 0.123. The fourth-order valence-electron chi connectivity index (χ4n) is 4.44. The molecule has 202 valence electrons. The number of hydrogen-bond donors (Lipinski definition) is 0. The monoisotopic (exact) mass is 544 g/mol. The average molecular weight is 545 g/mol. The number of fused-ring (bicyclic) bond motifs is 1. The van der Waals surface area contributed by atoms with Gasteiger partial charge in [0.05, 0.1) is 35.1 Å². The van der Waals surface area contributed by atoms with Gasteiger partial charge in [-0.25, -0.2) is 9.79 Å². The molecule has 7 nitrogen and oxygen atoms in total. The van der Waals surface area contributed by atoms with Gasteiger partial charge in [0.25, 0.3) is 5.56 Å². The van der Waals surface area contributed by atoms with Crippen molar-refractivity contribution in [1.29, 1.82) is 0 Å². The highest BCUT2D eigenvalue weighted by Gasteiger charge is 2.33. The van der Waals surface area contributed by atoms with E-state index in [9.17, 15) is 9.59 Å². The number of benzene rings is 2. The molecule has 3 aromatic rings. The van der Waals surface area contributed by atoms with Gasteiger partial charge in [0, 0.05) is 0 Å². The third-order valence-electron chi connectivity index (χ3n) is 6.31. The average Bonchev–Trinajstić information content (AvgIpc) is 3.21. The van der Waals surface area contributed by atoms with Gasteiger partial charge in [-0.05, 0) is 61.6 Å². The number of terminal acetylenes is 1. The fraction of sp³-hybridized carbons (Fsp3) is 0.323. The Kier molecular flexibility index (Phi) is 8.72. The van der Waals surface area contributed by atoms with E-state index in [0.717, 1.165) is 11.1 Å². The lowest BCUT2D eigenvalue weighted by molar-refractivity contribution is -0.139. The summed E-state index contributed by atoms with van der Waals surface area (Å²) in [4.78, 5) is 32.1. The number of allylic oxidation sites excluding steroid dienone is 1. The van der Waals surface area contributed by atoms with Crippen LogP contribution >= 0.6 is 11.3 Å². The van der Waals surface area contributed by atoms with Gasteiger partial charge >= 0.3 is 5.97 Å². The van der Waals surface area contributed by atoms with E-state index in [1.807, 2.05) is 43.3 Å². The molecule has 0 spiro atoms. The van der Waals surface area contributed by atoms with Crippen molar-refractivity contribution in [2.45, 2.75) is 46.6 Å². The summed E-state index contributed by atoms with van der Waals surface area (Å²) < 4.78 is 18.8. The second kappa shape index (κ2) is 12.2. The molecule has 0 radical (unpaired) electrons. The van der Waals surface area contributed by atoms with Gasteiger partial charge in [-0.3, -0.25) is 9.36 Å². The number of carbonyl (C=O) groups is 1. The summed E-state index contributed by atoms with van der Waals surface area (Å²) in [7, 11) is 0. The molecule has 4 rings (SSSR count). The number of ether oxygens (including phenoxy) is 3. The van der Waals surface area contributed by atoms with E-state index in [4.69, 9.17) is 20.6 Å². The molecule has 1 aliphatic heterocycles. The zero-order valence-corrected chi connectivity index (χ0v) is 23.6. The molecular weight excluding hydrogens is 512 g/mol. The highest BCUT2D eigenvalue weighted by Crippen LogP contribution is 2.32. The van der Waals surface area contributed by atoms with Crippen LogP contribution in [0.15, 0.2) is 63.5 Å². The topological polar surface area (TPSA) is 79.1 Å². The van der Waals surface area contributed by atoms with Crippen molar-refractivity contribution in [2.75, 3.05) is 19.8 Å². The maximum Gasteiger partial charge on any atom is 0.338 e. The Balaban J connectivity index is 1.87. The highest BCUT2D eigenvalue weighted by atomic mass is 32.1. The molecule has 0 unspecified atom stereocenters. The van der Waals surface area contributed by atoms with Crippen molar-refractivity contribution < 1.29 is 19.0 Å². The molecule has 0 N–H and O–H groups in total. The van der Waals surface area contributed by atoms with Gasteiger partial charge in [0.1, 0.15) is 6.61 Å². The summed E-state index contributed by atoms with van der Waals surface area (Å²) in [5.74, 6) is 3.40. The minimum atomic E-state index is -0.651. The predicted octanol–water partition coefficient (Wildman–Crippen LogP) is 4.33. The molecule has 0 saturated heterocycles. The number of esters is 1. The second-order valence-corrected chi connectivity index (χ2v) is 10.3. The molecule has 2 heterocycles. The number of rotatable bonds is 9. The first-order valence-electron chi connectivity index (χ1n) is 12.9. The summed E-state index contributed by atoms with van der Waals surface area (Å²) in [5, 5.41) is 0. The van der Waals surface area contributed by atoms with E-state index in [1.165, 1.54) is 16.9 Å². The summed E-state index contributed by atoms with van der Waals surface area (Å²) in [6, 6.07) is 12.8. The lowest BCUT2D eigenvalue weighted by atomic mass is 9.93. The Morgan fingerprint density at radius 1 is 1.13 bits per heavy atom. The van der Waals surface area contributed by atoms with Gasteiger partial charge in [-0.1, -0.05) is 61.4 Å². The fourth-order valence-corrected chi connectivity index (χ4v) is 5.49. The number of carbonyl (C=O) groups excluding carboxylic acids is 1. The van der Waals surface area contributed by atoms with Gasteiger partial charge in [-0.15, -0.1) is 6.42 Å². The van der Waals surface area contributed by atoms with Gasteiger partial charge < -0.3 is 14.2 Å². The van der Waals surface area contributed by atoms with Crippen LogP contribution in [-0.4, -0.2) is 30.4 Å². The normalized spacial score (nSPS) is 15.0. The highest BCUT2D eigenvalue weighted by molar-refractivity contribution is 7.07. The summed E-state index contributed by atoms with van der Waals surface area (Å²) in [5.41, 5.74) is 3.41. The first kappa shape index (κ1) is 27.9. The third kappa shape index (κ3) is 5.84. The van der Waals surface area contributed by atoms with Crippen LogP contribution in [0.5, 0.6) is 11.5 Å². The summed E-state index contributed by atoms with van der Waals surface area (Å²) >= 11 is 1.27. The Bertz CT molecular complexity index is 1620. The van der Waals surface area contributed by atoms with Crippen LogP contribution in [0.2, 0.25) is 0 Å². The second-order valence-electron chi connectivity index (χ2n) is 9.26. The SMILES string of the molecule is C#CCOc1ccc(/C=c2\sc3n(c2=O)[C@H](c2ccc(C(C)C)cc2)C(C(=O)OCC)=C(C)N=3)cc1OCC. The van der Waals surface area contributed by atoms with Crippen LogP contribution in [0.3, 0.4) is 0 Å². The molecule has 0 amide bonds. The Hall–Kier alpha value is -4.09. The smallest absolute Gasteiger partial charge is 0.338 e. The first-order chi connectivity index (χ1) is 18.8. The largest absolute Gasteiger partial charge is 0.490 e. The zero-order valence-electron chi connectivity index (χ0n) is 22.8. The van der Waals surface area contributed by atoms with Crippen molar-refractivity contribution in [3.63, 3.8) is 0 Å². The molecule has 8 heteroatoms. The number of thiazole rings is 1. The van der Waals surface area contributed by atoms with Crippen LogP contribution in [0.4, 0.5) is 0 Å². The maximum absolute atomic E-state index is 13.9. The minimum Gasteiger partial charge on any atom is -0.490 e. The Morgan fingerprint density at radius 2 is 1.87 bits per heavy atom. The van der Waals surface area contributed by atoms with Crippen LogP contribution in [-0.2, 0) is 9.53 Å². The standard InChI is InChI=1S/C31H32N2O5S/c1-7-16-38-24-15-10-21(17-25(24)36-8-2)18-26-29(34)33-28(23-13-11-22(12-14-23)19(4)5)27(30(35)37-9-3)20(6)32-31(33)39-26/h1,10-15,17-19,28H,8-9,16H2,2-6H3/b26-18-/t28-/m1/s1. The van der Waals surface area contributed by atoms with Gasteiger partial charge in [0.2, 0.25) is 0 Å². The van der Waals surface area contributed by atoms with Crippen molar-refractivity contribution >= 4 is 23.4 Å². The van der Waals surface area contributed by atoms with Crippen molar-refractivity contribution in [1.82, 2.24) is 4.57 Å². The zero-order chi connectivity index (χ0) is 28.1. The maximum atomic E-state index is 13.9. The molecular formula is C31H32N2O5S. The van der Waals surface area contributed by atoms with Crippen LogP contribution in [0, 0.1) is 12.3 Å². The Labute approximate surface area is 232 Å². The molecule has 1 aliphatic rings. The number of nitrogens with zero attached hydrogens (tertiary/aromatic N) is 2. The molecule has 0 aliphatic carbocycles. The van der Waals surface area contributed by atoms with Crippen LogP contribution in [0.25, 0.3) is 6.08 Å². The molecule has 0 bridgehead atoms. The van der Waals surface area contributed by atoms with Crippen molar-refractivity contribution in [3.05, 3.63) is 90.1 Å². The molecule has 1 aromatic heterocycles. The van der Waals surface area contributed by atoms with Gasteiger partial charge in [0.15, 0.2) is 16.3 Å². The molecule has 1 atom stereocenters.